The maximum Gasteiger partial charge on any atom is 0.0828 e. The fourth-order valence-electron chi connectivity index (χ4n) is 3.28. The van der Waals surface area contributed by atoms with Crippen molar-refractivity contribution in [1.82, 2.24) is 0 Å². The van der Waals surface area contributed by atoms with Gasteiger partial charge >= 0.3 is 0 Å². The largest absolute Gasteiger partial charge is 0.377 e. The SMILES string of the molecule is CCCCCCCC(N)C1(OC)CCCCCC1. The molecule has 2 nitrogen and oxygen atoms in total. The Hall–Kier alpha value is -0.0800. The fourth-order valence-corrected chi connectivity index (χ4v) is 3.28. The van der Waals surface area contributed by atoms with Crippen LogP contribution in [0.2, 0.25) is 0 Å². The van der Waals surface area contributed by atoms with Crippen LogP contribution in [0.1, 0.15) is 84.0 Å². The van der Waals surface area contributed by atoms with E-state index in [0.29, 0.717) is 0 Å². The van der Waals surface area contributed by atoms with E-state index in [4.69, 9.17) is 10.5 Å². The van der Waals surface area contributed by atoms with Crippen LogP contribution in [-0.4, -0.2) is 18.8 Å². The molecule has 2 heteroatoms. The van der Waals surface area contributed by atoms with E-state index in [1.165, 1.54) is 70.6 Å². The molecule has 0 aliphatic heterocycles. The summed E-state index contributed by atoms with van der Waals surface area (Å²) in [5.41, 5.74) is 6.44. The van der Waals surface area contributed by atoms with Crippen LogP contribution in [0.4, 0.5) is 0 Å². The molecular formula is C16H33NO. The van der Waals surface area contributed by atoms with E-state index in [1.54, 1.807) is 0 Å². The second-order valence-electron chi connectivity index (χ2n) is 5.99. The monoisotopic (exact) mass is 255 g/mol. The summed E-state index contributed by atoms with van der Waals surface area (Å²) in [6.45, 7) is 2.26. The highest BCUT2D eigenvalue weighted by atomic mass is 16.5. The molecule has 1 saturated carbocycles. The number of hydrogen-bond acceptors (Lipinski definition) is 2. The number of unbranched alkanes of at least 4 members (excludes halogenated alkanes) is 4. The summed E-state index contributed by atoms with van der Waals surface area (Å²) in [6.07, 6.45) is 15.4. The minimum absolute atomic E-state index is 0.0126. The van der Waals surface area contributed by atoms with E-state index in [1.807, 2.05) is 7.11 Å². The highest BCUT2D eigenvalue weighted by Crippen LogP contribution is 2.33. The van der Waals surface area contributed by atoms with Crippen molar-refractivity contribution in [2.45, 2.75) is 95.6 Å². The van der Waals surface area contributed by atoms with Gasteiger partial charge in [-0.3, -0.25) is 0 Å². The van der Waals surface area contributed by atoms with Gasteiger partial charge in [0.1, 0.15) is 0 Å². The highest BCUT2D eigenvalue weighted by molar-refractivity contribution is 4.92. The lowest BCUT2D eigenvalue weighted by Gasteiger charge is -2.37. The molecule has 1 atom stereocenters. The topological polar surface area (TPSA) is 35.2 Å². The van der Waals surface area contributed by atoms with Gasteiger partial charge < -0.3 is 10.5 Å². The predicted molar refractivity (Wildman–Crippen MR) is 78.8 cm³/mol. The Kier molecular flexibility index (Phi) is 7.92. The molecule has 1 aliphatic rings. The summed E-state index contributed by atoms with van der Waals surface area (Å²) in [7, 11) is 1.86. The van der Waals surface area contributed by atoms with Gasteiger partial charge in [0.25, 0.3) is 0 Å². The molecule has 0 spiro atoms. The third-order valence-corrected chi connectivity index (χ3v) is 4.65. The number of nitrogens with two attached hydrogens (primary N) is 1. The Morgan fingerprint density at radius 2 is 1.61 bits per heavy atom. The first-order chi connectivity index (χ1) is 8.75. The molecule has 0 saturated heterocycles. The molecule has 0 aromatic carbocycles. The number of ether oxygens (including phenoxy) is 1. The third-order valence-electron chi connectivity index (χ3n) is 4.65. The summed E-state index contributed by atoms with van der Waals surface area (Å²) in [6, 6.07) is 0.238. The van der Waals surface area contributed by atoms with Crippen LogP contribution in [-0.2, 0) is 4.74 Å². The van der Waals surface area contributed by atoms with Crippen molar-refractivity contribution in [3.8, 4) is 0 Å². The van der Waals surface area contributed by atoms with Crippen molar-refractivity contribution in [3.63, 3.8) is 0 Å². The Morgan fingerprint density at radius 1 is 1.00 bits per heavy atom. The molecule has 0 bridgehead atoms. The molecule has 1 fully saturated rings. The van der Waals surface area contributed by atoms with Crippen LogP contribution in [0.3, 0.4) is 0 Å². The molecule has 0 aromatic heterocycles. The highest BCUT2D eigenvalue weighted by Gasteiger charge is 2.36. The Balaban J connectivity index is 2.33. The van der Waals surface area contributed by atoms with Gasteiger partial charge in [-0.15, -0.1) is 0 Å². The molecule has 0 heterocycles. The van der Waals surface area contributed by atoms with Gasteiger partial charge in [0, 0.05) is 13.2 Å². The Bertz CT molecular complexity index is 197. The molecule has 0 amide bonds. The van der Waals surface area contributed by atoms with Crippen molar-refractivity contribution in [2.24, 2.45) is 5.73 Å². The van der Waals surface area contributed by atoms with E-state index >= 15 is 0 Å². The van der Waals surface area contributed by atoms with Crippen LogP contribution in [0, 0.1) is 0 Å². The molecule has 1 unspecified atom stereocenters. The average Bonchev–Trinajstić information content (AvgIpc) is 2.64. The Morgan fingerprint density at radius 3 is 2.17 bits per heavy atom. The summed E-state index contributed by atoms with van der Waals surface area (Å²) < 4.78 is 5.87. The lowest BCUT2D eigenvalue weighted by Crippen LogP contribution is -2.49. The van der Waals surface area contributed by atoms with E-state index in [-0.39, 0.29) is 11.6 Å². The molecule has 0 aromatic rings. The molecule has 1 aliphatic carbocycles. The van der Waals surface area contributed by atoms with Gasteiger partial charge in [0.15, 0.2) is 0 Å². The zero-order valence-corrected chi connectivity index (χ0v) is 12.5. The average molecular weight is 255 g/mol. The number of hydrogen-bond donors (Lipinski definition) is 1. The summed E-state index contributed by atoms with van der Waals surface area (Å²) in [5, 5.41) is 0. The van der Waals surface area contributed by atoms with E-state index < -0.39 is 0 Å². The second-order valence-corrected chi connectivity index (χ2v) is 5.99. The molecule has 18 heavy (non-hydrogen) atoms. The van der Waals surface area contributed by atoms with Crippen LogP contribution in [0.15, 0.2) is 0 Å². The van der Waals surface area contributed by atoms with Gasteiger partial charge in [-0.05, 0) is 19.3 Å². The van der Waals surface area contributed by atoms with Crippen molar-refractivity contribution in [3.05, 3.63) is 0 Å². The van der Waals surface area contributed by atoms with Gasteiger partial charge in [-0.1, -0.05) is 64.7 Å². The standard InChI is InChI=1S/C16H33NO/c1-3-4-5-6-9-12-15(17)16(18-2)13-10-7-8-11-14-16/h15H,3-14,17H2,1-2H3. The van der Waals surface area contributed by atoms with Gasteiger partial charge in [-0.2, -0.15) is 0 Å². The molecular weight excluding hydrogens is 222 g/mol. The third kappa shape index (κ3) is 4.89. The molecule has 108 valence electrons. The predicted octanol–water partition coefficient (Wildman–Crippen LogP) is 4.41. The van der Waals surface area contributed by atoms with Gasteiger partial charge in [0.2, 0.25) is 0 Å². The maximum atomic E-state index is 6.45. The first-order valence-corrected chi connectivity index (χ1v) is 8.06. The zero-order chi connectivity index (χ0) is 13.3. The van der Waals surface area contributed by atoms with Crippen LogP contribution < -0.4 is 5.73 Å². The second kappa shape index (κ2) is 8.92. The minimum atomic E-state index is -0.0126. The maximum absolute atomic E-state index is 6.45. The first kappa shape index (κ1) is 16.0. The van der Waals surface area contributed by atoms with Crippen molar-refractivity contribution in [1.29, 1.82) is 0 Å². The van der Waals surface area contributed by atoms with Gasteiger partial charge in [0.05, 0.1) is 5.60 Å². The zero-order valence-electron chi connectivity index (χ0n) is 12.5. The smallest absolute Gasteiger partial charge is 0.0828 e. The van der Waals surface area contributed by atoms with Crippen molar-refractivity contribution >= 4 is 0 Å². The van der Waals surface area contributed by atoms with Crippen LogP contribution in [0.25, 0.3) is 0 Å². The quantitative estimate of drug-likeness (QED) is 0.515. The summed E-state index contributed by atoms with van der Waals surface area (Å²) in [5.74, 6) is 0. The van der Waals surface area contributed by atoms with E-state index in [0.717, 1.165) is 6.42 Å². The fraction of sp³-hybridized carbons (Fsp3) is 1.00. The minimum Gasteiger partial charge on any atom is -0.377 e. The molecule has 2 N–H and O–H groups in total. The van der Waals surface area contributed by atoms with Crippen molar-refractivity contribution in [2.75, 3.05) is 7.11 Å². The number of rotatable bonds is 8. The normalized spacial score (nSPS) is 21.5. The van der Waals surface area contributed by atoms with E-state index in [2.05, 4.69) is 6.92 Å². The lowest BCUT2D eigenvalue weighted by molar-refractivity contribution is -0.0454. The van der Waals surface area contributed by atoms with Gasteiger partial charge in [-0.25, -0.2) is 0 Å². The summed E-state index contributed by atoms with van der Waals surface area (Å²) in [4.78, 5) is 0. The first-order valence-electron chi connectivity index (χ1n) is 8.06. The van der Waals surface area contributed by atoms with E-state index in [9.17, 15) is 0 Å². The number of methoxy groups -OCH3 is 1. The van der Waals surface area contributed by atoms with Crippen LogP contribution in [0.5, 0.6) is 0 Å². The lowest BCUT2D eigenvalue weighted by atomic mass is 9.84. The van der Waals surface area contributed by atoms with Crippen LogP contribution >= 0.6 is 0 Å². The molecule has 1 rings (SSSR count). The van der Waals surface area contributed by atoms with Crippen molar-refractivity contribution < 1.29 is 4.74 Å². The molecule has 0 radical (unpaired) electrons. The Labute approximate surface area is 114 Å². The summed E-state index contributed by atoms with van der Waals surface area (Å²) >= 11 is 0.